The summed E-state index contributed by atoms with van der Waals surface area (Å²) in [5, 5.41) is -1.15. The summed E-state index contributed by atoms with van der Waals surface area (Å²) >= 11 is 0. The van der Waals surface area contributed by atoms with Crippen molar-refractivity contribution in [3.8, 4) is 0 Å². The summed E-state index contributed by atoms with van der Waals surface area (Å²) in [6, 6.07) is 6.49. The van der Waals surface area contributed by atoms with E-state index in [4.69, 9.17) is 4.74 Å². The fourth-order valence-corrected chi connectivity index (χ4v) is 6.62. The molecular weight excluding hydrogens is 460 g/mol. The van der Waals surface area contributed by atoms with Crippen molar-refractivity contribution in [2.45, 2.75) is 46.6 Å². The molecule has 0 amide bonds. The van der Waals surface area contributed by atoms with Crippen LogP contribution in [0.4, 0.5) is 17.6 Å². The van der Waals surface area contributed by atoms with Crippen molar-refractivity contribution in [2.24, 2.45) is 0 Å². The topological polar surface area (TPSA) is 77.5 Å². The van der Waals surface area contributed by atoms with Crippen LogP contribution in [0, 0.1) is 5.82 Å². The van der Waals surface area contributed by atoms with Gasteiger partial charge >= 0.3 is 6.18 Å². The maximum Gasteiger partial charge on any atom is 0.416 e. The summed E-state index contributed by atoms with van der Waals surface area (Å²) in [5.41, 5.74) is -2.59. The Labute approximate surface area is 177 Å². The van der Waals surface area contributed by atoms with E-state index in [1.165, 1.54) is 6.92 Å². The Kier molecular flexibility index (Phi) is 6.00. The van der Waals surface area contributed by atoms with Gasteiger partial charge in [-0.1, -0.05) is 6.07 Å². The quantitative estimate of drug-likeness (QED) is 0.486. The van der Waals surface area contributed by atoms with Gasteiger partial charge in [0.15, 0.2) is 19.7 Å². The van der Waals surface area contributed by atoms with Crippen molar-refractivity contribution < 1.29 is 39.1 Å². The highest BCUT2D eigenvalue weighted by molar-refractivity contribution is 7.92. The summed E-state index contributed by atoms with van der Waals surface area (Å²) in [4.78, 5) is -0.687. The maximum atomic E-state index is 13.9. The minimum Gasteiger partial charge on any atom is -0.370 e. The lowest BCUT2D eigenvalue weighted by molar-refractivity contribution is -0.137. The van der Waals surface area contributed by atoms with Gasteiger partial charge < -0.3 is 4.74 Å². The number of hydrogen-bond acceptors (Lipinski definition) is 5. The number of alkyl halides is 3. The lowest BCUT2D eigenvalue weighted by Gasteiger charge is -2.39. The lowest BCUT2D eigenvalue weighted by atomic mass is 9.88. The molecule has 1 heterocycles. The molecular formula is C20H20F4O5S2. The van der Waals surface area contributed by atoms with Gasteiger partial charge in [-0.05, 0) is 56.2 Å². The first-order valence-electron chi connectivity index (χ1n) is 9.20. The molecule has 170 valence electrons. The summed E-state index contributed by atoms with van der Waals surface area (Å²) in [7, 11) is -7.99. The average Bonchev–Trinajstić information content (AvgIpc) is 2.66. The van der Waals surface area contributed by atoms with Crippen LogP contribution < -0.4 is 0 Å². The number of rotatable bonds is 4. The SMILES string of the molecule is CC1(c2cc(F)ccc2S(C)(=O)=O)CC(S(=O)(=O)c2cccc(C(F)(F)F)c2)CCO1. The van der Waals surface area contributed by atoms with Gasteiger partial charge in [-0.3, -0.25) is 0 Å². The van der Waals surface area contributed by atoms with E-state index in [2.05, 4.69) is 0 Å². The molecule has 31 heavy (non-hydrogen) atoms. The summed E-state index contributed by atoms with van der Waals surface area (Å²) < 4.78 is 109. The Morgan fingerprint density at radius 1 is 1.06 bits per heavy atom. The molecule has 0 bridgehead atoms. The Hall–Kier alpha value is -1.98. The fraction of sp³-hybridized carbons (Fsp3) is 0.400. The lowest BCUT2D eigenvalue weighted by Crippen LogP contribution is -2.41. The van der Waals surface area contributed by atoms with Crippen LogP contribution >= 0.6 is 0 Å². The van der Waals surface area contributed by atoms with E-state index < -0.39 is 53.0 Å². The molecule has 1 aliphatic heterocycles. The van der Waals surface area contributed by atoms with Crippen LogP contribution in [-0.4, -0.2) is 34.9 Å². The molecule has 0 saturated carbocycles. The Bertz CT molecular complexity index is 1210. The van der Waals surface area contributed by atoms with Gasteiger partial charge in [0, 0.05) is 18.4 Å². The van der Waals surface area contributed by atoms with E-state index in [9.17, 15) is 34.4 Å². The number of hydrogen-bond donors (Lipinski definition) is 0. The van der Waals surface area contributed by atoms with Crippen LogP contribution in [0.1, 0.15) is 30.9 Å². The first-order valence-corrected chi connectivity index (χ1v) is 12.6. The second kappa shape index (κ2) is 7.86. The number of ether oxygens (including phenoxy) is 1. The van der Waals surface area contributed by atoms with Crippen LogP contribution in [0.15, 0.2) is 52.3 Å². The van der Waals surface area contributed by atoms with Crippen molar-refractivity contribution >= 4 is 19.7 Å². The second-order valence-electron chi connectivity index (χ2n) is 7.68. The number of halogens is 4. The van der Waals surface area contributed by atoms with Gasteiger partial charge in [-0.2, -0.15) is 13.2 Å². The number of sulfone groups is 2. The third kappa shape index (κ3) is 4.78. The molecule has 2 atom stereocenters. The largest absolute Gasteiger partial charge is 0.416 e. The van der Waals surface area contributed by atoms with Gasteiger partial charge in [0.2, 0.25) is 0 Å². The van der Waals surface area contributed by atoms with E-state index in [0.29, 0.717) is 6.07 Å². The minimum absolute atomic E-state index is 0.00229. The molecule has 5 nitrogen and oxygen atoms in total. The third-order valence-electron chi connectivity index (χ3n) is 5.32. The zero-order valence-corrected chi connectivity index (χ0v) is 18.2. The Morgan fingerprint density at radius 3 is 2.35 bits per heavy atom. The summed E-state index contributed by atoms with van der Waals surface area (Å²) in [5.74, 6) is -0.727. The van der Waals surface area contributed by atoms with E-state index >= 15 is 0 Å². The van der Waals surface area contributed by atoms with Crippen LogP contribution in [-0.2, 0) is 36.2 Å². The fourth-order valence-electron chi connectivity index (χ4n) is 3.74. The van der Waals surface area contributed by atoms with Crippen molar-refractivity contribution in [3.63, 3.8) is 0 Å². The van der Waals surface area contributed by atoms with Crippen molar-refractivity contribution in [1.29, 1.82) is 0 Å². The van der Waals surface area contributed by atoms with E-state index in [-0.39, 0.29) is 29.9 Å². The summed E-state index contributed by atoms with van der Waals surface area (Å²) in [6.07, 6.45) is -4.02. The van der Waals surface area contributed by atoms with Crippen LogP contribution in [0.2, 0.25) is 0 Å². The zero-order chi connectivity index (χ0) is 23.2. The molecule has 11 heteroatoms. The molecule has 2 aromatic carbocycles. The maximum absolute atomic E-state index is 13.9. The van der Waals surface area contributed by atoms with Crippen LogP contribution in [0.3, 0.4) is 0 Å². The molecule has 2 unspecified atom stereocenters. The van der Waals surface area contributed by atoms with Crippen LogP contribution in [0.5, 0.6) is 0 Å². The normalized spacial score (nSPS) is 23.0. The Balaban J connectivity index is 2.04. The van der Waals surface area contributed by atoms with E-state index in [1.807, 2.05) is 0 Å². The minimum atomic E-state index is -4.71. The molecule has 2 aromatic rings. The van der Waals surface area contributed by atoms with Crippen LogP contribution in [0.25, 0.3) is 0 Å². The molecule has 0 aliphatic carbocycles. The molecule has 0 aromatic heterocycles. The highest BCUT2D eigenvalue weighted by atomic mass is 32.2. The molecule has 1 saturated heterocycles. The molecule has 1 aliphatic rings. The molecule has 0 radical (unpaired) electrons. The predicted molar refractivity (Wildman–Crippen MR) is 104 cm³/mol. The van der Waals surface area contributed by atoms with Crippen molar-refractivity contribution in [3.05, 3.63) is 59.4 Å². The highest BCUT2D eigenvalue weighted by Crippen LogP contribution is 2.42. The van der Waals surface area contributed by atoms with Gasteiger partial charge in [0.1, 0.15) is 5.82 Å². The van der Waals surface area contributed by atoms with Gasteiger partial charge in [-0.25, -0.2) is 21.2 Å². The second-order valence-corrected chi connectivity index (χ2v) is 11.9. The smallest absolute Gasteiger partial charge is 0.370 e. The standard InChI is InChI=1S/C20H20F4O5S2/c1-19(17-11-14(21)6-7-18(17)30(2,25)26)12-16(8-9-29-19)31(27,28)15-5-3-4-13(10-15)20(22,23)24/h3-7,10-11,16H,8-9,12H2,1-2H3. The molecule has 0 spiro atoms. The predicted octanol–water partition coefficient (Wildman–Crippen LogP) is 4.12. The highest BCUT2D eigenvalue weighted by Gasteiger charge is 2.43. The summed E-state index contributed by atoms with van der Waals surface area (Å²) in [6.45, 7) is 1.35. The van der Waals surface area contributed by atoms with Gasteiger partial charge in [0.05, 0.1) is 26.2 Å². The third-order valence-corrected chi connectivity index (χ3v) is 8.66. The van der Waals surface area contributed by atoms with Gasteiger partial charge in [-0.15, -0.1) is 0 Å². The van der Waals surface area contributed by atoms with Crippen molar-refractivity contribution in [2.75, 3.05) is 12.9 Å². The van der Waals surface area contributed by atoms with Gasteiger partial charge in [0.25, 0.3) is 0 Å². The first kappa shape index (κ1) is 23.7. The molecule has 1 fully saturated rings. The number of benzene rings is 2. The van der Waals surface area contributed by atoms with Crippen molar-refractivity contribution in [1.82, 2.24) is 0 Å². The molecule has 0 N–H and O–H groups in total. The monoisotopic (exact) mass is 480 g/mol. The first-order chi connectivity index (χ1) is 14.1. The van der Waals surface area contributed by atoms with E-state index in [1.54, 1.807) is 0 Å². The zero-order valence-electron chi connectivity index (χ0n) is 16.6. The Morgan fingerprint density at radius 2 is 1.74 bits per heavy atom. The average molecular weight is 481 g/mol. The van der Waals surface area contributed by atoms with E-state index in [0.717, 1.165) is 42.7 Å². The molecule has 3 rings (SSSR count).